The van der Waals surface area contributed by atoms with Gasteiger partial charge in [-0.05, 0) is 17.5 Å². The molecule has 1 unspecified atom stereocenters. The number of methoxy groups -OCH3 is 1. The smallest absolute Gasteiger partial charge is 0.0499 e. The summed E-state index contributed by atoms with van der Waals surface area (Å²) in [4.78, 5) is 0. The fourth-order valence-electron chi connectivity index (χ4n) is 1.44. The molecular formula is C12H18ClNO. The van der Waals surface area contributed by atoms with Crippen LogP contribution in [0.4, 0.5) is 0 Å². The van der Waals surface area contributed by atoms with Crippen LogP contribution in [-0.4, -0.2) is 20.3 Å². The standard InChI is InChI=1S/C12H18ClNO/c1-10(9-15-2)7-14-8-11-5-3-4-6-12(11)13/h3-6,10,14H,7-9H2,1-2H3. The summed E-state index contributed by atoms with van der Waals surface area (Å²) in [6.45, 7) is 4.70. The first-order chi connectivity index (χ1) is 7.24. The molecule has 1 aromatic carbocycles. The summed E-state index contributed by atoms with van der Waals surface area (Å²) in [5, 5.41) is 4.19. The largest absolute Gasteiger partial charge is 0.384 e. The van der Waals surface area contributed by atoms with Gasteiger partial charge in [-0.2, -0.15) is 0 Å². The van der Waals surface area contributed by atoms with Crippen LogP contribution >= 0.6 is 11.6 Å². The Bertz CT molecular complexity index is 291. The van der Waals surface area contributed by atoms with Crippen molar-refractivity contribution in [3.05, 3.63) is 34.9 Å². The molecule has 0 saturated carbocycles. The molecule has 0 aliphatic heterocycles. The van der Waals surface area contributed by atoms with Crippen LogP contribution in [0.25, 0.3) is 0 Å². The summed E-state index contributed by atoms with van der Waals surface area (Å²) in [5.74, 6) is 0.525. The Labute approximate surface area is 96.6 Å². The number of rotatable bonds is 6. The van der Waals surface area contributed by atoms with Crippen molar-refractivity contribution in [1.29, 1.82) is 0 Å². The zero-order valence-electron chi connectivity index (χ0n) is 9.29. The molecule has 15 heavy (non-hydrogen) atoms. The number of hydrogen-bond acceptors (Lipinski definition) is 2. The Morgan fingerprint density at radius 1 is 1.40 bits per heavy atom. The second-order valence-corrected chi connectivity index (χ2v) is 4.19. The molecule has 0 radical (unpaired) electrons. The lowest BCUT2D eigenvalue weighted by molar-refractivity contribution is 0.158. The molecule has 3 heteroatoms. The van der Waals surface area contributed by atoms with Crippen LogP contribution in [0.5, 0.6) is 0 Å². The fraction of sp³-hybridized carbons (Fsp3) is 0.500. The van der Waals surface area contributed by atoms with Crippen LogP contribution in [-0.2, 0) is 11.3 Å². The number of benzene rings is 1. The molecule has 0 saturated heterocycles. The van der Waals surface area contributed by atoms with Gasteiger partial charge >= 0.3 is 0 Å². The predicted octanol–water partition coefficient (Wildman–Crippen LogP) is 2.71. The van der Waals surface area contributed by atoms with Gasteiger partial charge in [0.05, 0.1) is 0 Å². The molecule has 84 valence electrons. The molecule has 0 aliphatic rings. The van der Waals surface area contributed by atoms with Gasteiger partial charge in [0.25, 0.3) is 0 Å². The number of nitrogens with one attached hydrogen (secondary N) is 1. The predicted molar refractivity (Wildman–Crippen MR) is 64.2 cm³/mol. The molecule has 2 nitrogen and oxygen atoms in total. The molecule has 1 aromatic rings. The first kappa shape index (κ1) is 12.5. The summed E-state index contributed by atoms with van der Waals surface area (Å²) in [7, 11) is 1.73. The molecular weight excluding hydrogens is 210 g/mol. The minimum Gasteiger partial charge on any atom is -0.384 e. The maximum Gasteiger partial charge on any atom is 0.0499 e. The lowest BCUT2D eigenvalue weighted by atomic mass is 10.2. The zero-order valence-corrected chi connectivity index (χ0v) is 10.1. The lowest BCUT2D eigenvalue weighted by Crippen LogP contribution is -2.23. The maximum absolute atomic E-state index is 6.04. The average Bonchev–Trinajstić information content (AvgIpc) is 2.21. The van der Waals surface area contributed by atoms with Gasteiger partial charge in [-0.3, -0.25) is 0 Å². The van der Waals surface area contributed by atoms with Crippen molar-refractivity contribution >= 4 is 11.6 Å². The van der Waals surface area contributed by atoms with Gasteiger partial charge < -0.3 is 10.1 Å². The topological polar surface area (TPSA) is 21.3 Å². The van der Waals surface area contributed by atoms with Crippen molar-refractivity contribution in [2.75, 3.05) is 20.3 Å². The molecule has 0 aromatic heterocycles. The molecule has 0 amide bonds. The summed E-state index contributed by atoms with van der Waals surface area (Å²) in [5.41, 5.74) is 1.14. The van der Waals surface area contributed by atoms with E-state index < -0.39 is 0 Å². The highest BCUT2D eigenvalue weighted by Gasteiger charge is 2.02. The van der Waals surface area contributed by atoms with Crippen molar-refractivity contribution < 1.29 is 4.74 Å². The second-order valence-electron chi connectivity index (χ2n) is 3.78. The van der Waals surface area contributed by atoms with Gasteiger partial charge in [0.2, 0.25) is 0 Å². The first-order valence-corrected chi connectivity index (χ1v) is 5.55. The minimum absolute atomic E-state index is 0.525. The number of halogens is 1. The Morgan fingerprint density at radius 2 is 2.13 bits per heavy atom. The molecule has 0 spiro atoms. The highest BCUT2D eigenvalue weighted by Crippen LogP contribution is 2.14. The second kappa shape index (κ2) is 6.83. The third-order valence-electron chi connectivity index (χ3n) is 2.22. The molecule has 1 N–H and O–H groups in total. The maximum atomic E-state index is 6.04. The molecule has 1 rings (SSSR count). The van der Waals surface area contributed by atoms with Crippen LogP contribution in [0.2, 0.25) is 5.02 Å². The van der Waals surface area contributed by atoms with Gasteiger partial charge in [-0.25, -0.2) is 0 Å². The zero-order chi connectivity index (χ0) is 11.1. The third kappa shape index (κ3) is 4.65. The SMILES string of the molecule is COCC(C)CNCc1ccccc1Cl. The van der Waals surface area contributed by atoms with E-state index in [-0.39, 0.29) is 0 Å². The molecule has 0 fully saturated rings. The van der Waals surface area contributed by atoms with Gasteiger partial charge in [-0.15, -0.1) is 0 Å². The first-order valence-electron chi connectivity index (χ1n) is 5.17. The monoisotopic (exact) mass is 227 g/mol. The Morgan fingerprint density at radius 3 is 2.80 bits per heavy atom. The van der Waals surface area contributed by atoms with Crippen LogP contribution in [0.15, 0.2) is 24.3 Å². The van der Waals surface area contributed by atoms with E-state index in [1.807, 2.05) is 24.3 Å². The van der Waals surface area contributed by atoms with E-state index >= 15 is 0 Å². The van der Waals surface area contributed by atoms with Crippen molar-refractivity contribution in [2.45, 2.75) is 13.5 Å². The van der Waals surface area contributed by atoms with Crippen molar-refractivity contribution in [3.63, 3.8) is 0 Å². The summed E-state index contributed by atoms with van der Waals surface area (Å²) in [6, 6.07) is 7.90. The minimum atomic E-state index is 0.525. The van der Waals surface area contributed by atoms with Crippen LogP contribution in [0.1, 0.15) is 12.5 Å². The van der Waals surface area contributed by atoms with Gasteiger partial charge in [-0.1, -0.05) is 36.7 Å². The van der Waals surface area contributed by atoms with E-state index in [0.29, 0.717) is 5.92 Å². The van der Waals surface area contributed by atoms with E-state index in [9.17, 15) is 0 Å². The van der Waals surface area contributed by atoms with Crippen molar-refractivity contribution in [1.82, 2.24) is 5.32 Å². The lowest BCUT2D eigenvalue weighted by Gasteiger charge is -2.11. The van der Waals surface area contributed by atoms with Gasteiger partial charge in [0, 0.05) is 31.8 Å². The van der Waals surface area contributed by atoms with E-state index in [1.165, 1.54) is 0 Å². The van der Waals surface area contributed by atoms with Crippen LogP contribution < -0.4 is 5.32 Å². The van der Waals surface area contributed by atoms with E-state index in [4.69, 9.17) is 16.3 Å². The van der Waals surface area contributed by atoms with Crippen molar-refractivity contribution in [2.24, 2.45) is 5.92 Å². The number of hydrogen-bond donors (Lipinski definition) is 1. The van der Waals surface area contributed by atoms with Gasteiger partial charge in [0.15, 0.2) is 0 Å². The summed E-state index contributed by atoms with van der Waals surface area (Å²) < 4.78 is 5.06. The van der Waals surface area contributed by atoms with Crippen molar-refractivity contribution in [3.8, 4) is 0 Å². The average molecular weight is 228 g/mol. The summed E-state index contributed by atoms with van der Waals surface area (Å²) >= 11 is 6.04. The van der Waals surface area contributed by atoms with E-state index in [2.05, 4.69) is 12.2 Å². The Hall–Kier alpha value is -0.570. The fourth-order valence-corrected chi connectivity index (χ4v) is 1.64. The third-order valence-corrected chi connectivity index (χ3v) is 2.59. The molecule has 0 aliphatic carbocycles. The normalized spacial score (nSPS) is 12.7. The Balaban J connectivity index is 2.29. The van der Waals surface area contributed by atoms with Crippen LogP contribution in [0.3, 0.4) is 0 Å². The van der Waals surface area contributed by atoms with E-state index in [1.54, 1.807) is 7.11 Å². The summed E-state index contributed by atoms with van der Waals surface area (Å²) in [6.07, 6.45) is 0. The van der Waals surface area contributed by atoms with E-state index in [0.717, 1.165) is 30.3 Å². The van der Waals surface area contributed by atoms with Crippen LogP contribution in [0, 0.1) is 5.92 Å². The molecule has 0 heterocycles. The van der Waals surface area contributed by atoms with Gasteiger partial charge in [0.1, 0.15) is 0 Å². The molecule has 1 atom stereocenters. The number of ether oxygens (including phenoxy) is 1. The Kier molecular flexibility index (Phi) is 5.69. The highest BCUT2D eigenvalue weighted by molar-refractivity contribution is 6.31. The quantitative estimate of drug-likeness (QED) is 0.807. The molecule has 0 bridgehead atoms. The highest BCUT2D eigenvalue weighted by atomic mass is 35.5.